The largest absolute Gasteiger partial charge is 0.375 e. The van der Waals surface area contributed by atoms with E-state index >= 15 is 0 Å². The van der Waals surface area contributed by atoms with Crippen LogP contribution in [0, 0.1) is 0 Å². The number of hydrogen-bond donors (Lipinski definition) is 2. The topological polar surface area (TPSA) is 84.5 Å². The van der Waals surface area contributed by atoms with Gasteiger partial charge in [0.05, 0.1) is 24.9 Å². The van der Waals surface area contributed by atoms with Crippen molar-refractivity contribution < 1.29 is 17.9 Å². The van der Waals surface area contributed by atoms with Crippen molar-refractivity contribution in [2.45, 2.75) is 19.4 Å². The Morgan fingerprint density at radius 3 is 2.87 bits per heavy atom. The van der Waals surface area contributed by atoms with E-state index in [4.69, 9.17) is 4.74 Å². The molecule has 1 atom stereocenters. The molecule has 0 aromatic heterocycles. The lowest BCUT2D eigenvalue weighted by Gasteiger charge is -2.22. The lowest BCUT2D eigenvalue weighted by atomic mass is 10.2. The third kappa shape index (κ3) is 4.59. The van der Waals surface area contributed by atoms with Gasteiger partial charge in [-0.1, -0.05) is 0 Å². The van der Waals surface area contributed by atoms with Gasteiger partial charge in [0.2, 0.25) is 15.9 Å². The Balaban J connectivity index is 2.35. The quantitative estimate of drug-likeness (QED) is 0.642. The van der Waals surface area contributed by atoms with Crippen LogP contribution in [0.25, 0.3) is 0 Å². The Labute approximate surface area is 89.4 Å². The lowest BCUT2D eigenvalue weighted by Crippen LogP contribution is -2.42. The van der Waals surface area contributed by atoms with Crippen LogP contribution in [0.5, 0.6) is 0 Å². The number of nitrogens with one attached hydrogen (secondary N) is 2. The first-order valence-corrected chi connectivity index (χ1v) is 6.54. The molecule has 2 N–H and O–H groups in total. The molecule has 1 fully saturated rings. The summed E-state index contributed by atoms with van der Waals surface area (Å²) in [7, 11) is -3.44. The minimum absolute atomic E-state index is 0.0756. The Bertz CT molecular complexity index is 309. The number of hydrogen-bond acceptors (Lipinski definition) is 5. The van der Waals surface area contributed by atoms with Crippen molar-refractivity contribution in [3.8, 4) is 0 Å². The molecule has 0 radical (unpaired) electrons. The minimum Gasteiger partial charge on any atom is -0.375 e. The summed E-state index contributed by atoms with van der Waals surface area (Å²) in [6.07, 6.45) is -0.155. The van der Waals surface area contributed by atoms with E-state index in [1.165, 1.54) is 6.92 Å². The van der Waals surface area contributed by atoms with Crippen LogP contribution < -0.4 is 10.0 Å². The van der Waals surface area contributed by atoms with E-state index in [-0.39, 0.29) is 18.3 Å². The zero-order valence-corrected chi connectivity index (χ0v) is 9.47. The Hall–Kier alpha value is -0.660. The van der Waals surface area contributed by atoms with Gasteiger partial charge >= 0.3 is 0 Å². The molecule has 15 heavy (non-hydrogen) atoms. The second-order valence-electron chi connectivity index (χ2n) is 3.33. The van der Waals surface area contributed by atoms with Crippen LogP contribution in [0.2, 0.25) is 0 Å². The van der Waals surface area contributed by atoms with Crippen LogP contribution in [-0.2, 0) is 19.6 Å². The van der Waals surface area contributed by atoms with Crippen LogP contribution in [0.4, 0.5) is 0 Å². The molecule has 0 aromatic carbocycles. The van der Waals surface area contributed by atoms with Gasteiger partial charge in [-0.2, -0.15) is 0 Å². The van der Waals surface area contributed by atoms with E-state index in [1.54, 1.807) is 0 Å². The van der Waals surface area contributed by atoms with Crippen LogP contribution in [-0.4, -0.2) is 45.9 Å². The highest BCUT2D eigenvalue weighted by atomic mass is 32.2. The van der Waals surface area contributed by atoms with E-state index in [9.17, 15) is 13.2 Å². The number of sulfonamides is 1. The minimum atomic E-state index is -3.44. The predicted octanol–water partition coefficient (Wildman–Crippen LogP) is -1.17. The van der Waals surface area contributed by atoms with Crippen LogP contribution >= 0.6 is 0 Å². The highest BCUT2D eigenvalue weighted by Crippen LogP contribution is 2.01. The standard InChI is InChI=1S/C8H16N2O4S/c1-2-15(12,13)10-8(11)5-7-6-9-3-4-14-7/h7,9H,2-6H2,1H3,(H,10,11). The zero-order chi connectivity index (χ0) is 11.3. The molecule has 6 nitrogen and oxygen atoms in total. The summed E-state index contributed by atoms with van der Waals surface area (Å²) in [4.78, 5) is 11.3. The molecule has 1 amide bonds. The molecule has 0 spiro atoms. The molecule has 1 aliphatic heterocycles. The van der Waals surface area contributed by atoms with Gasteiger partial charge in [-0.15, -0.1) is 0 Å². The average molecular weight is 236 g/mol. The Kier molecular flexibility index (Phi) is 4.49. The number of amides is 1. The summed E-state index contributed by atoms with van der Waals surface area (Å²) in [5, 5.41) is 3.06. The first-order valence-electron chi connectivity index (χ1n) is 4.89. The van der Waals surface area contributed by atoms with Crippen molar-refractivity contribution in [1.82, 2.24) is 10.0 Å². The van der Waals surface area contributed by atoms with Crippen LogP contribution in [0.15, 0.2) is 0 Å². The number of ether oxygens (including phenoxy) is 1. The molecule has 0 aliphatic carbocycles. The van der Waals surface area contributed by atoms with E-state index in [0.717, 1.165) is 6.54 Å². The Morgan fingerprint density at radius 1 is 1.60 bits per heavy atom. The fraction of sp³-hybridized carbons (Fsp3) is 0.875. The van der Waals surface area contributed by atoms with Gasteiger partial charge in [-0.25, -0.2) is 8.42 Å². The first-order chi connectivity index (χ1) is 7.03. The fourth-order valence-corrected chi connectivity index (χ4v) is 1.82. The maximum Gasteiger partial charge on any atom is 0.236 e. The van der Waals surface area contributed by atoms with E-state index in [2.05, 4.69) is 5.32 Å². The van der Waals surface area contributed by atoms with Gasteiger partial charge < -0.3 is 10.1 Å². The van der Waals surface area contributed by atoms with Crippen molar-refractivity contribution in [2.75, 3.05) is 25.4 Å². The molecular weight excluding hydrogens is 220 g/mol. The first kappa shape index (κ1) is 12.4. The Morgan fingerprint density at radius 2 is 2.33 bits per heavy atom. The van der Waals surface area contributed by atoms with E-state index in [0.29, 0.717) is 13.2 Å². The third-order valence-corrected chi connectivity index (χ3v) is 3.37. The van der Waals surface area contributed by atoms with Gasteiger partial charge in [-0.05, 0) is 6.92 Å². The van der Waals surface area contributed by atoms with Crippen molar-refractivity contribution >= 4 is 15.9 Å². The predicted molar refractivity (Wildman–Crippen MR) is 54.8 cm³/mol. The zero-order valence-electron chi connectivity index (χ0n) is 8.65. The molecule has 1 heterocycles. The molecule has 1 unspecified atom stereocenters. The highest BCUT2D eigenvalue weighted by molar-refractivity contribution is 7.90. The molecule has 0 aromatic rings. The second kappa shape index (κ2) is 5.43. The van der Waals surface area contributed by atoms with Crippen molar-refractivity contribution in [3.63, 3.8) is 0 Å². The smallest absolute Gasteiger partial charge is 0.236 e. The van der Waals surface area contributed by atoms with Gasteiger partial charge in [0.1, 0.15) is 0 Å². The van der Waals surface area contributed by atoms with Gasteiger partial charge in [0.25, 0.3) is 0 Å². The number of carbonyl (C=O) groups is 1. The fourth-order valence-electron chi connectivity index (χ4n) is 1.24. The highest BCUT2D eigenvalue weighted by Gasteiger charge is 2.19. The van der Waals surface area contributed by atoms with Crippen molar-refractivity contribution in [2.24, 2.45) is 0 Å². The molecular formula is C8H16N2O4S. The number of rotatable bonds is 4. The van der Waals surface area contributed by atoms with Gasteiger partial charge in [-0.3, -0.25) is 9.52 Å². The number of morpholine rings is 1. The maximum absolute atomic E-state index is 11.3. The van der Waals surface area contributed by atoms with Crippen molar-refractivity contribution in [3.05, 3.63) is 0 Å². The second-order valence-corrected chi connectivity index (χ2v) is 5.34. The van der Waals surface area contributed by atoms with Crippen LogP contribution in [0.1, 0.15) is 13.3 Å². The van der Waals surface area contributed by atoms with Gasteiger partial charge in [0, 0.05) is 13.1 Å². The molecule has 7 heteroatoms. The van der Waals surface area contributed by atoms with Crippen LogP contribution in [0.3, 0.4) is 0 Å². The summed E-state index contributed by atoms with van der Waals surface area (Å²) >= 11 is 0. The monoisotopic (exact) mass is 236 g/mol. The molecule has 1 rings (SSSR count). The number of carbonyl (C=O) groups excluding carboxylic acids is 1. The summed E-state index contributed by atoms with van der Waals surface area (Å²) in [6, 6.07) is 0. The van der Waals surface area contributed by atoms with E-state index < -0.39 is 15.9 Å². The summed E-state index contributed by atoms with van der Waals surface area (Å²) in [6.45, 7) is 3.39. The summed E-state index contributed by atoms with van der Waals surface area (Å²) in [5.41, 5.74) is 0. The van der Waals surface area contributed by atoms with Crippen molar-refractivity contribution in [1.29, 1.82) is 0 Å². The SMILES string of the molecule is CCS(=O)(=O)NC(=O)CC1CNCCO1. The molecule has 1 saturated heterocycles. The molecule has 1 aliphatic rings. The van der Waals surface area contributed by atoms with Gasteiger partial charge in [0.15, 0.2) is 0 Å². The third-order valence-electron chi connectivity index (χ3n) is 2.07. The molecule has 88 valence electrons. The maximum atomic E-state index is 11.3. The summed E-state index contributed by atoms with van der Waals surface area (Å²) in [5.74, 6) is -0.603. The lowest BCUT2D eigenvalue weighted by molar-refractivity contribution is -0.122. The normalized spacial score (nSPS) is 22.3. The average Bonchev–Trinajstić information content (AvgIpc) is 2.18. The molecule has 0 saturated carbocycles. The van der Waals surface area contributed by atoms with E-state index in [1.807, 2.05) is 4.72 Å². The molecule has 0 bridgehead atoms. The summed E-state index contributed by atoms with van der Waals surface area (Å²) < 4.78 is 29.4.